The van der Waals surface area contributed by atoms with E-state index in [1.54, 1.807) is 11.3 Å². The van der Waals surface area contributed by atoms with Gasteiger partial charge in [0.15, 0.2) is 0 Å². The molecular formula is C10H15N5S. The second kappa shape index (κ2) is 4.52. The largest absolute Gasteiger partial charge is 0.350 e. The third-order valence-corrected chi connectivity index (χ3v) is 3.22. The SMILES string of the molecule is Cc1cscc1CNc1nnc(N(C)C)[nH]1. The minimum absolute atomic E-state index is 0.703. The normalized spacial score (nSPS) is 10.4. The van der Waals surface area contributed by atoms with Gasteiger partial charge in [0.2, 0.25) is 11.9 Å². The maximum Gasteiger partial charge on any atom is 0.225 e. The van der Waals surface area contributed by atoms with Crippen molar-refractivity contribution in [1.29, 1.82) is 0 Å². The van der Waals surface area contributed by atoms with Crippen LogP contribution in [0.4, 0.5) is 11.9 Å². The number of hydrogen-bond acceptors (Lipinski definition) is 5. The standard InChI is InChI=1S/C10H15N5S/c1-7-5-16-6-8(7)4-11-9-12-10(14-13-9)15(2)3/h5-6H,4H2,1-3H3,(H2,11,12,13,14). The van der Waals surface area contributed by atoms with E-state index in [4.69, 9.17) is 0 Å². The zero-order chi connectivity index (χ0) is 11.5. The zero-order valence-corrected chi connectivity index (χ0v) is 10.4. The molecule has 2 N–H and O–H groups in total. The van der Waals surface area contributed by atoms with Gasteiger partial charge in [0.1, 0.15) is 0 Å². The molecule has 0 aliphatic heterocycles. The maximum absolute atomic E-state index is 4.01. The highest BCUT2D eigenvalue weighted by atomic mass is 32.1. The molecule has 0 fully saturated rings. The smallest absolute Gasteiger partial charge is 0.225 e. The van der Waals surface area contributed by atoms with E-state index >= 15 is 0 Å². The number of aryl methyl sites for hydroxylation is 1. The third kappa shape index (κ3) is 2.33. The Labute approximate surface area is 98.5 Å². The number of aromatic amines is 1. The summed E-state index contributed by atoms with van der Waals surface area (Å²) < 4.78 is 0. The summed E-state index contributed by atoms with van der Waals surface area (Å²) in [6.45, 7) is 2.89. The van der Waals surface area contributed by atoms with Crippen LogP contribution < -0.4 is 10.2 Å². The van der Waals surface area contributed by atoms with Crippen molar-refractivity contribution in [3.8, 4) is 0 Å². The Bertz CT molecular complexity index is 459. The summed E-state index contributed by atoms with van der Waals surface area (Å²) in [5, 5.41) is 15.5. The van der Waals surface area contributed by atoms with E-state index in [0.717, 1.165) is 12.5 Å². The second-order valence-corrected chi connectivity index (χ2v) is 4.57. The molecule has 0 aliphatic carbocycles. The van der Waals surface area contributed by atoms with Crippen LogP contribution in [0, 0.1) is 6.92 Å². The number of H-pyrrole nitrogens is 1. The molecule has 2 aromatic heterocycles. The first kappa shape index (κ1) is 10.9. The molecule has 0 aromatic carbocycles. The maximum atomic E-state index is 4.01. The van der Waals surface area contributed by atoms with E-state index in [1.807, 2.05) is 19.0 Å². The van der Waals surface area contributed by atoms with Gasteiger partial charge in [0.25, 0.3) is 0 Å². The predicted octanol–water partition coefficient (Wildman–Crippen LogP) is 1.85. The van der Waals surface area contributed by atoms with Crippen molar-refractivity contribution < 1.29 is 0 Å². The van der Waals surface area contributed by atoms with Crippen LogP contribution in [0.15, 0.2) is 10.8 Å². The van der Waals surface area contributed by atoms with E-state index in [0.29, 0.717) is 5.95 Å². The summed E-state index contributed by atoms with van der Waals surface area (Å²) in [6, 6.07) is 0. The first-order valence-electron chi connectivity index (χ1n) is 5.02. The predicted molar refractivity (Wildman–Crippen MR) is 67.1 cm³/mol. The molecule has 5 nitrogen and oxygen atoms in total. The Morgan fingerprint density at radius 1 is 1.38 bits per heavy atom. The van der Waals surface area contributed by atoms with Gasteiger partial charge in [0, 0.05) is 20.6 Å². The highest BCUT2D eigenvalue weighted by molar-refractivity contribution is 7.08. The lowest BCUT2D eigenvalue weighted by Gasteiger charge is -2.05. The van der Waals surface area contributed by atoms with Gasteiger partial charge in [-0.2, -0.15) is 11.3 Å². The molecule has 2 heterocycles. The molecular weight excluding hydrogens is 222 g/mol. The van der Waals surface area contributed by atoms with Crippen molar-refractivity contribution in [1.82, 2.24) is 15.2 Å². The minimum atomic E-state index is 0.703. The van der Waals surface area contributed by atoms with Crippen molar-refractivity contribution in [3.63, 3.8) is 0 Å². The fourth-order valence-electron chi connectivity index (χ4n) is 1.28. The molecule has 2 aromatic rings. The Balaban J connectivity index is 1.97. The van der Waals surface area contributed by atoms with Crippen molar-refractivity contribution >= 4 is 23.2 Å². The summed E-state index contributed by atoms with van der Waals surface area (Å²) in [6.07, 6.45) is 0. The number of nitrogens with zero attached hydrogens (tertiary/aromatic N) is 3. The molecule has 86 valence electrons. The minimum Gasteiger partial charge on any atom is -0.350 e. The van der Waals surface area contributed by atoms with Crippen LogP contribution >= 0.6 is 11.3 Å². The number of nitrogens with one attached hydrogen (secondary N) is 2. The number of aromatic nitrogens is 3. The summed E-state index contributed by atoms with van der Waals surface area (Å²) in [4.78, 5) is 4.97. The second-order valence-electron chi connectivity index (χ2n) is 3.83. The van der Waals surface area contributed by atoms with Crippen LogP contribution in [0.2, 0.25) is 0 Å². The Kier molecular flexibility index (Phi) is 3.09. The molecule has 2 rings (SSSR count). The van der Waals surface area contributed by atoms with Crippen LogP contribution in [0.5, 0.6) is 0 Å². The first-order chi connectivity index (χ1) is 7.66. The van der Waals surface area contributed by atoms with E-state index in [2.05, 4.69) is 38.2 Å². The first-order valence-corrected chi connectivity index (χ1v) is 5.96. The summed E-state index contributed by atoms with van der Waals surface area (Å²) in [5.74, 6) is 1.46. The van der Waals surface area contributed by atoms with Gasteiger partial charge >= 0.3 is 0 Å². The van der Waals surface area contributed by atoms with Gasteiger partial charge in [-0.1, -0.05) is 0 Å². The Hall–Kier alpha value is -1.56. The van der Waals surface area contributed by atoms with Gasteiger partial charge < -0.3 is 10.2 Å². The van der Waals surface area contributed by atoms with Gasteiger partial charge in [0.05, 0.1) is 0 Å². The van der Waals surface area contributed by atoms with Crippen molar-refractivity contribution in [3.05, 3.63) is 21.9 Å². The van der Waals surface area contributed by atoms with Gasteiger partial charge in [-0.15, -0.1) is 10.2 Å². The Morgan fingerprint density at radius 2 is 2.19 bits per heavy atom. The zero-order valence-electron chi connectivity index (χ0n) is 9.61. The lowest BCUT2D eigenvalue weighted by Crippen LogP contribution is -2.10. The molecule has 0 spiro atoms. The molecule has 0 amide bonds. The number of rotatable bonds is 4. The van der Waals surface area contributed by atoms with Gasteiger partial charge in [-0.3, -0.25) is 4.98 Å². The molecule has 0 aliphatic rings. The third-order valence-electron chi connectivity index (χ3n) is 2.31. The highest BCUT2D eigenvalue weighted by Crippen LogP contribution is 2.15. The van der Waals surface area contributed by atoms with E-state index in [1.165, 1.54) is 11.1 Å². The van der Waals surface area contributed by atoms with Crippen LogP contribution in [0.25, 0.3) is 0 Å². The summed E-state index contributed by atoms with van der Waals surface area (Å²) in [5.41, 5.74) is 2.61. The molecule has 0 atom stereocenters. The van der Waals surface area contributed by atoms with E-state index < -0.39 is 0 Å². The number of thiophene rings is 1. The molecule has 6 heteroatoms. The van der Waals surface area contributed by atoms with Gasteiger partial charge in [-0.25, -0.2) is 0 Å². The van der Waals surface area contributed by atoms with Crippen LogP contribution in [0.1, 0.15) is 11.1 Å². The fourth-order valence-corrected chi connectivity index (χ4v) is 2.14. The fraction of sp³-hybridized carbons (Fsp3) is 0.400. The average molecular weight is 237 g/mol. The lowest BCUT2D eigenvalue weighted by atomic mass is 10.2. The van der Waals surface area contributed by atoms with Crippen molar-refractivity contribution in [2.75, 3.05) is 24.3 Å². The molecule has 0 saturated carbocycles. The summed E-state index contributed by atoms with van der Waals surface area (Å²) >= 11 is 1.72. The molecule has 16 heavy (non-hydrogen) atoms. The van der Waals surface area contributed by atoms with Crippen molar-refractivity contribution in [2.45, 2.75) is 13.5 Å². The topological polar surface area (TPSA) is 56.8 Å². The van der Waals surface area contributed by atoms with E-state index in [9.17, 15) is 0 Å². The van der Waals surface area contributed by atoms with E-state index in [-0.39, 0.29) is 0 Å². The molecule has 0 bridgehead atoms. The lowest BCUT2D eigenvalue weighted by molar-refractivity contribution is 0.996. The highest BCUT2D eigenvalue weighted by Gasteiger charge is 2.04. The quantitative estimate of drug-likeness (QED) is 0.852. The van der Waals surface area contributed by atoms with Crippen LogP contribution in [-0.4, -0.2) is 29.3 Å². The monoisotopic (exact) mass is 237 g/mol. The summed E-state index contributed by atoms with van der Waals surface area (Å²) in [7, 11) is 3.85. The van der Waals surface area contributed by atoms with Crippen LogP contribution in [0.3, 0.4) is 0 Å². The van der Waals surface area contributed by atoms with Crippen LogP contribution in [-0.2, 0) is 6.54 Å². The average Bonchev–Trinajstić information content (AvgIpc) is 2.83. The number of anilines is 2. The molecule has 0 radical (unpaired) electrons. The van der Waals surface area contributed by atoms with Gasteiger partial charge in [-0.05, 0) is 28.8 Å². The Morgan fingerprint density at radius 3 is 2.75 bits per heavy atom. The molecule has 0 saturated heterocycles. The number of hydrogen-bond donors (Lipinski definition) is 2. The molecule has 0 unspecified atom stereocenters. The van der Waals surface area contributed by atoms with Crippen molar-refractivity contribution in [2.24, 2.45) is 0 Å².